The molecule has 6 saturated carbocycles. The minimum absolute atomic E-state index is 0.00721. The van der Waals surface area contributed by atoms with Crippen molar-refractivity contribution in [1.82, 2.24) is 28.7 Å². The first-order valence-electron chi connectivity index (χ1n) is 29.6. The maximum atomic E-state index is 5.94. The summed E-state index contributed by atoms with van der Waals surface area (Å²) in [5, 5.41) is 7.51. The Hall–Kier alpha value is -7.83. The predicted octanol–water partition coefficient (Wildman–Crippen LogP) is 18.1. The second kappa shape index (κ2) is 17.6. The van der Waals surface area contributed by atoms with Crippen molar-refractivity contribution in [2.24, 2.45) is 35.5 Å². The van der Waals surface area contributed by atoms with Crippen LogP contribution in [0.25, 0.3) is 105 Å². The predicted molar refractivity (Wildman–Crippen MR) is 320 cm³/mol. The van der Waals surface area contributed by atoms with Gasteiger partial charge in [-0.3, -0.25) is 0 Å². The molecule has 0 spiro atoms. The van der Waals surface area contributed by atoms with Gasteiger partial charge in [0.05, 0.1) is 44.5 Å². The lowest BCUT2D eigenvalue weighted by Crippen LogP contribution is -2.49. The first-order chi connectivity index (χ1) is 38.6. The van der Waals surface area contributed by atoms with Gasteiger partial charge in [-0.05, 0) is 166 Å². The lowest BCUT2D eigenvalue weighted by molar-refractivity contribution is -0.00956. The molecule has 0 saturated heterocycles. The molecule has 0 aliphatic heterocycles. The molecule has 6 fully saturated rings. The van der Waals surface area contributed by atoms with Gasteiger partial charge in [-0.15, -0.1) is 0 Å². The van der Waals surface area contributed by atoms with Gasteiger partial charge in [0.2, 0.25) is 0 Å². The number of benzene rings is 8. The van der Waals surface area contributed by atoms with E-state index < -0.39 is 0 Å². The van der Waals surface area contributed by atoms with Crippen molar-refractivity contribution < 1.29 is 0 Å². The Morgan fingerprint density at radius 2 is 0.974 bits per heavy atom. The summed E-state index contributed by atoms with van der Waals surface area (Å²) in [5.74, 6) is 7.78. The van der Waals surface area contributed by atoms with Gasteiger partial charge < -0.3 is 13.7 Å². The summed E-state index contributed by atoms with van der Waals surface area (Å²) >= 11 is 0. The highest BCUT2D eigenvalue weighted by Crippen LogP contribution is 2.60. The molecule has 2 unspecified atom stereocenters. The molecule has 0 amide bonds. The number of rotatable bonds is 9. The summed E-state index contributed by atoms with van der Waals surface area (Å²) in [6.45, 7) is 0. The van der Waals surface area contributed by atoms with Gasteiger partial charge in [0, 0.05) is 61.0 Å². The van der Waals surface area contributed by atoms with Crippen LogP contribution >= 0.6 is 0 Å². The maximum Gasteiger partial charge on any atom is 0.165 e. The van der Waals surface area contributed by atoms with Crippen LogP contribution < -0.4 is 0 Å². The molecule has 4 aromatic heterocycles. The van der Waals surface area contributed by atoms with E-state index in [-0.39, 0.29) is 5.41 Å². The molecule has 8 aromatic carbocycles. The van der Waals surface area contributed by atoms with Crippen LogP contribution in [0, 0.1) is 35.5 Å². The second-order valence-corrected chi connectivity index (χ2v) is 24.9. The molecule has 78 heavy (non-hydrogen) atoms. The monoisotopic (exact) mass is 1010 g/mol. The Labute approximate surface area is 455 Å². The minimum atomic E-state index is 0.00721. The van der Waals surface area contributed by atoms with Crippen molar-refractivity contribution in [1.29, 1.82) is 0 Å². The highest BCUT2D eigenvalue weighted by Gasteiger charge is 2.53. The third kappa shape index (κ3) is 7.03. The summed E-state index contributed by atoms with van der Waals surface area (Å²) in [6, 6.07) is 67.7. The number of fused-ring (bicyclic) bond motifs is 12. The zero-order valence-corrected chi connectivity index (χ0v) is 44.4. The lowest BCUT2D eigenvalue weighted by Gasteiger charge is -2.56. The number of nitrogens with zero attached hydrogens (tertiary/aromatic N) is 6. The van der Waals surface area contributed by atoms with Crippen LogP contribution in [-0.2, 0) is 11.8 Å². The van der Waals surface area contributed by atoms with E-state index in [1.165, 1.54) is 148 Å². The van der Waals surface area contributed by atoms with Gasteiger partial charge in [0.25, 0.3) is 0 Å². The van der Waals surface area contributed by atoms with E-state index in [9.17, 15) is 0 Å². The highest BCUT2D eigenvalue weighted by molar-refractivity contribution is 6.26. The second-order valence-electron chi connectivity index (χ2n) is 24.9. The SMILES string of the molecule is c1ccc(-n2c3ccccc3c3ccc4c(c5ccccc5n4-c4ccc(-c5ccccc5-n5c6ccccc6c6ccccc65)cc4-c4nc(CCC5CC6CCCC(C6)C5)nc(C56CC7CC(CC(C7)C5)C6)n4)c32)cc1. The number of aromatic nitrogens is 6. The molecule has 382 valence electrons. The summed E-state index contributed by atoms with van der Waals surface area (Å²) in [6.07, 6.45) is 18.3. The Kier molecular flexibility index (Phi) is 10.2. The van der Waals surface area contributed by atoms with Gasteiger partial charge in [-0.25, -0.2) is 15.0 Å². The molecule has 0 N–H and O–H groups in total. The van der Waals surface area contributed by atoms with Crippen molar-refractivity contribution in [2.75, 3.05) is 0 Å². The van der Waals surface area contributed by atoms with Crippen molar-refractivity contribution in [2.45, 2.75) is 95.3 Å². The molecular weight excluding hydrogens is 949 g/mol. The normalized spacial score (nSPS) is 23.7. The summed E-state index contributed by atoms with van der Waals surface area (Å²) in [5.41, 5.74) is 14.0. The molecular formula is C72H64N6. The van der Waals surface area contributed by atoms with E-state index in [4.69, 9.17) is 15.0 Å². The number of aryl methyl sites for hydroxylation is 1. The van der Waals surface area contributed by atoms with Gasteiger partial charge >= 0.3 is 0 Å². The van der Waals surface area contributed by atoms with Gasteiger partial charge in [-0.1, -0.05) is 141 Å². The number of hydrogen-bond acceptors (Lipinski definition) is 3. The molecule has 6 nitrogen and oxygen atoms in total. The quantitative estimate of drug-likeness (QED) is 0.145. The summed E-state index contributed by atoms with van der Waals surface area (Å²) < 4.78 is 7.52. The number of para-hydroxylation sites is 6. The Morgan fingerprint density at radius 1 is 0.423 bits per heavy atom. The van der Waals surface area contributed by atoms with Crippen molar-refractivity contribution >= 4 is 65.4 Å². The van der Waals surface area contributed by atoms with Gasteiger partial charge in [-0.2, -0.15) is 0 Å². The molecule has 18 rings (SSSR count). The molecule has 0 radical (unpaired) electrons. The van der Waals surface area contributed by atoms with E-state index in [2.05, 4.69) is 196 Å². The van der Waals surface area contributed by atoms with Gasteiger partial charge in [0.1, 0.15) is 11.6 Å². The molecule has 2 atom stereocenters. The summed E-state index contributed by atoms with van der Waals surface area (Å²) in [7, 11) is 0. The smallest absolute Gasteiger partial charge is 0.165 e. The number of hydrogen-bond donors (Lipinski definition) is 0. The topological polar surface area (TPSA) is 53.5 Å². The van der Waals surface area contributed by atoms with Crippen LogP contribution in [0.4, 0.5) is 0 Å². The fourth-order valence-electron chi connectivity index (χ4n) is 17.5. The van der Waals surface area contributed by atoms with Crippen LogP contribution in [0.1, 0.15) is 95.1 Å². The van der Waals surface area contributed by atoms with E-state index >= 15 is 0 Å². The van der Waals surface area contributed by atoms with Gasteiger partial charge in [0.15, 0.2) is 5.82 Å². The largest absolute Gasteiger partial charge is 0.309 e. The van der Waals surface area contributed by atoms with Crippen molar-refractivity contribution in [3.05, 3.63) is 194 Å². The third-order valence-corrected chi connectivity index (χ3v) is 20.2. The molecule has 12 aromatic rings. The first-order valence-corrected chi connectivity index (χ1v) is 29.6. The van der Waals surface area contributed by atoms with E-state index in [0.29, 0.717) is 0 Å². The standard InChI is InChI=1S/C72H64N6/c1-2-17-52(18-3-1)76-61-25-10-7-22-56(61)57-31-33-66-68(69(57)76)58-23-8-13-28-64(58)78(66)65-32-30-51(53-19-4-9-24-60(53)77-62-26-11-5-20-54(62)55-21-6-12-27-63(55)77)41-59(65)70-73-67(34-29-47-36-45-15-14-16-46(35-45)37-47)74-71(75-70)72-42-48-38-49(43-72)40-50(39-48)44-72/h1-13,17-28,30-33,41,45-50H,14-16,29,34-40,42-44H2. The maximum absolute atomic E-state index is 5.94. The molecule has 6 aliphatic carbocycles. The van der Waals surface area contributed by atoms with E-state index in [1.807, 2.05) is 0 Å². The third-order valence-electron chi connectivity index (χ3n) is 20.2. The van der Waals surface area contributed by atoms with E-state index in [1.54, 1.807) is 0 Å². The molecule has 6 aliphatic rings. The first kappa shape index (κ1) is 45.2. The van der Waals surface area contributed by atoms with Crippen LogP contribution in [0.2, 0.25) is 0 Å². The Bertz CT molecular complexity index is 4260. The van der Waals surface area contributed by atoms with Crippen LogP contribution in [0.15, 0.2) is 182 Å². The molecule has 6 heteroatoms. The van der Waals surface area contributed by atoms with Crippen molar-refractivity contribution in [3.8, 4) is 39.6 Å². The van der Waals surface area contributed by atoms with Crippen LogP contribution in [0.5, 0.6) is 0 Å². The van der Waals surface area contributed by atoms with E-state index in [0.717, 1.165) is 94.0 Å². The minimum Gasteiger partial charge on any atom is -0.309 e. The summed E-state index contributed by atoms with van der Waals surface area (Å²) in [4.78, 5) is 17.5. The van der Waals surface area contributed by atoms with Crippen LogP contribution in [0.3, 0.4) is 0 Å². The zero-order chi connectivity index (χ0) is 51.1. The molecule has 6 bridgehead atoms. The zero-order valence-electron chi connectivity index (χ0n) is 44.4. The fraction of sp³-hybridized carbons (Fsp3) is 0.292. The molecule has 4 heterocycles. The van der Waals surface area contributed by atoms with Crippen LogP contribution in [-0.4, -0.2) is 28.7 Å². The highest BCUT2D eigenvalue weighted by atomic mass is 15.1. The average molecular weight is 1010 g/mol. The Morgan fingerprint density at radius 3 is 1.67 bits per heavy atom. The lowest BCUT2D eigenvalue weighted by atomic mass is 9.49. The van der Waals surface area contributed by atoms with Crippen molar-refractivity contribution in [3.63, 3.8) is 0 Å². The Balaban J connectivity index is 0.924. The average Bonchev–Trinajstić information content (AvgIpc) is 4.33. The fourth-order valence-corrected chi connectivity index (χ4v) is 17.5.